The van der Waals surface area contributed by atoms with Crippen LogP contribution in [0.1, 0.15) is 18.7 Å². The Labute approximate surface area is 150 Å². The Bertz CT molecular complexity index is 856. The van der Waals surface area contributed by atoms with E-state index in [1.165, 1.54) is 6.42 Å². The van der Waals surface area contributed by atoms with Gasteiger partial charge in [-0.2, -0.15) is 0 Å². The van der Waals surface area contributed by atoms with Crippen molar-refractivity contribution in [3.8, 4) is 11.5 Å². The molecule has 1 fully saturated rings. The Kier molecular flexibility index (Phi) is 4.28. The molecule has 2 aliphatic carbocycles. The van der Waals surface area contributed by atoms with Crippen LogP contribution in [0.2, 0.25) is 0 Å². The van der Waals surface area contributed by atoms with Crippen molar-refractivity contribution in [3.63, 3.8) is 0 Å². The van der Waals surface area contributed by atoms with Crippen molar-refractivity contribution in [3.05, 3.63) is 42.3 Å². The summed E-state index contributed by atoms with van der Waals surface area (Å²) in [5.41, 5.74) is 1.28. The quantitative estimate of drug-likeness (QED) is 0.650. The number of amides is 2. The van der Waals surface area contributed by atoms with Crippen molar-refractivity contribution < 1.29 is 14.0 Å². The Balaban J connectivity index is 1.29. The fourth-order valence-corrected chi connectivity index (χ4v) is 3.73. The average Bonchev–Trinajstić information content (AvgIpc) is 3.37. The lowest BCUT2D eigenvalue weighted by atomic mass is 9.94. The van der Waals surface area contributed by atoms with E-state index in [1.807, 2.05) is 0 Å². The Hall–Kier alpha value is -2.96. The number of hydrogen-bond donors (Lipinski definition) is 2. The minimum Gasteiger partial charge on any atom is -0.421 e. The van der Waals surface area contributed by atoms with Crippen molar-refractivity contribution in [1.82, 2.24) is 15.5 Å². The molecule has 1 aromatic carbocycles. The summed E-state index contributed by atoms with van der Waals surface area (Å²) in [4.78, 5) is 24.1. The molecule has 4 rings (SSSR count). The molecule has 2 aliphatic rings. The molecule has 0 aliphatic heterocycles. The van der Waals surface area contributed by atoms with E-state index in [0.717, 1.165) is 12.0 Å². The van der Waals surface area contributed by atoms with Crippen molar-refractivity contribution >= 4 is 17.5 Å². The predicted molar refractivity (Wildman–Crippen MR) is 95.0 cm³/mol. The molecule has 2 amide bonds. The predicted octanol–water partition coefficient (Wildman–Crippen LogP) is 2.31. The van der Waals surface area contributed by atoms with Gasteiger partial charge in [0.2, 0.25) is 11.8 Å². The Morgan fingerprint density at radius 1 is 1.12 bits per heavy atom. The molecular weight excluding hydrogens is 332 g/mol. The van der Waals surface area contributed by atoms with Crippen molar-refractivity contribution in [2.24, 2.45) is 17.8 Å². The minimum absolute atomic E-state index is 0.415. The Morgan fingerprint density at radius 3 is 2.54 bits per heavy atom. The van der Waals surface area contributed by atoms with Crippen LogP contribution in [-0.2, 0) is 9.59 Å². The molecular formula is C19H20N4O3. The Morgan fingerprint density at radius 2 is 1.92 bits per heavy atom. The zero-order chi connectivity index (χ0) is 18.1. The SMILES string of the molecule is Cc1nnc(-c2ccc(NC(=O)C(=O)NCC3CC4C=CC3C4)cc2)o1. The molecule has 134 valence electrons. The van der Waals surface area contributed by atoms with Crippen molar-refractivity contribution in [2.75, 3.05) is 11.9 Å². The molecule has 0 spiro atoms. The fraction of sp³-hybridized carbons (Fsp3) is 0.368. The summed E-state index contributed by atoms with van der Waals surface area (Å²) in [6.07, 6.45) is 6.77. The second-order valence-corrected chi connectivity index (χ2v) is 6.91. The van der Waals surface area contributed by atoms with Crippen LogP contribution in [0.5, 0.6) is 0 Å². The van der Waals surface area contributed by atoms with Gasteiger partial charge in [-0.15, -0.1) is 10.2 Å². The van der Waals surface area contributed by atoms with Gasteiger partial charge in [0, 0.05) is 24.7 Å². The van der Waals surface area contributed by atoms with Gasteiger partial charge < -0.3 is 15.1 Å². The molecule has 7 heteroatoms. The van der Waals surface area contributed by atoms with E-state index in [0.29, 0.717) is 41.8 Å². The molecule has 2 bridgehead atoms. The van der Waals surface area contributed by atoms with Gasteiger partial charge in [0.25, 0.3) is 0 Å². The highest BCUT2D eigenvalue weighted by Gasteiger charge is 2.35. The van der Waals surface area contributed by atoms with E-state index in [9.17, 15) is 9.59 Å². The van der Waals surface area contributed by atoms with E-state index in [1.54, 1.807) is 31.2 Å². The van der Waals surface area contributed by atoms with Crippen LogP contribution in [-0.4, -0.2) is 28.6 Å². The topological polar surface area (TPSA) is 97.1 Å². The maximum absolute atomic E-state index is 12.1. The highest BCUT2D eigenvalue weighted by Crippen LogP contribution is 2.42. The van der Waals surface area contributed by atoms with Gasteiger partial charge in [0.1, 0.15) is 0 Å². The number of carbonyl (C=O) groups is 2. The number of benzene rings is 1. The maximum atomic E-state index is 12.1. The van der Waals surface area contributed by atoms with Gasteiger partial charge in [0.05, 0.1) is 0 Å². The first-order valence-electron chi connectivity index (χ1n) is 8.76. The molecule has 2 N–H and O–H groups in total. The lowest BCUT2D eigenvalue weighted by Crippen LogP contribution is -2.38. The maximum Gasteiger partial charge on any atom is 0.313 e. The number of hydrogen-bond acceptors (Lipinski definition) is 5. The minimum atomic E-state index is -0.662. The van der Waals surface area contributed by atoms with Gasteiger partial charge in [-0.25, -0.2) is 0 Å². The molecule has 1 heterocycles. The number of allylic oxidation sites excluding steroid dienone is 2. The molecule has 26 heavy (non-hydrogen) atoms. The summed E-state index contributed by atoms with van der Waals surface area (Å²) >= 11 is 0. The first-order valence-corrected chi connectivity index (χ1v) is 8.76. The third-order valence-electron chi connectivity index (χ3n) is 5.06. The summed E-state index contributed by atoms with van der Waals surface area (Å²) in [6.45, 7) is 2.27. The third-order valence-corrected chi connectivity index (χ3v) is 5.06. The van der Waals surface area contributed by atoms with Gasteiger partial charge in [-0.05, 0) is 54.9 Å². The smallest absolute Gasteiger partial charge is 0.313 e. The van der Waals surface area contributed by atoms with E-state index in [-0.39, 0.29) is 0 Å². The molecule has 1 saturated carbocycles. The first-order chi connectivity index (χ1) is 12.6. The lowest BCUT2D eigenvalue weighted by Gasteiger charge is -2.18. The van der Waals surface area contributed by atoms with E-state index < -0.39 is 11.8 Å². The third kappa shape index (κ3) is 3.37. The van der Waals surface area contributed by atoms with E-state index >= 15 is 0 Å². The summed E-state index contributed by atoms with van der Waals surface area (Å²) in [5, 5.41) is 13.1. The van der Waals surface area contributed by atoms with Crippen LogP contribution < -0.4 is 10.6 Å². The largest absolute Gasteiger partial charge is 0.421 e. The monoisotopic (exact) mass is 352 g/mol. The van der Waals surface area contributed by atoms with Crippen molar-refractivity contribution in [2.45, 2.75) is 19.8 Å². The van der Waals surface area contributed by atoms with Gasteiger partial charge in [0.15, 0.2) is 0 Å². The molecule has 1 aromatic heterocycles. The van der Waals surface area contributed by atoms with Crippen LogP contribution in [0.15, 0.2) is 40.8 Å². The normalized spacial score (nSPS) is 23.2. The van der Waals surface area contributed by atoms with Crippen LogP contribution >= 0.6 is 0 Å². The van der Waals surface area contributed by atoms with Gasteiger partial charge in [-0.1, -0.05) is 12.2 Å². The second-order valence-electron chi connectivity index (χ2n) is 6.91. The second kappa shape index (κ2) is 6.74. The average molecular weight is 352 g/mol. The summed E-state index contributed by atoms with van der Waals surface area (Å²) in [5.74, 6) is 1.27. The number of rotatable bonds is 4. The summed E-state index contributed by atoms with van der Waals surface area (Å²) in [6, 6.07) is 6.89. The summed E-state index contributed by atoms with van der Waals surface area (Å²) < 4.78 is 5.35. The van der Waals surface area contributed by atoms with Gasteiger partial charge in [-0.3, -0.25) is 9.59 Å². The number of aromatic nitrogens is 2. The highest BCUT2D eigenvalue weighted by atomic mass is 16.4. The lowest BCUT2D eigenvalue weighted by molar-refractivity contribution is -0.136. The zero-order valence-electron chi connectivity index (χ0n) is 14.4. The molecule has 2 aromatic rings. The molecule has 0 saturated heterocycles. The summed E-state index contributed by atoms with van der Waals surface area (Å²) in [7, 11) is 0. The van der Waals surface area contributed by atoms with Crippen molar-refractivity contribution in [1.29, 1.82) is 0 Å². The van der Waals surface area contributed by atoms with Crippen LogP contribution in [0.3, 0.4) is 0 Å². The first kappa shape index (κ1) is 16.5. The number of fused-ring (bicyclic) bond motifs is 2. The molecule has 3 unspecified atom stereocenters. The number of aryl methyl sites for hydroxylation is 1. The standard InChI is InChI=1S/C19H20N4O3/c1-11-22-23-19(26-11)13-4-6-16(7-5-13)21-18(25)17(24)20-10-15-9-12-2-3-14(15)8-12/h2-7,12,14-15H,8-10H2,1H3,(H,20,24)(H,21,25). The molecule has 7 nitrogen and oxygen atoms in total. The number of nitrogens with one attached hydrogen (secondary N) is 2. The van der Waals surface area contributed by atoms with Crippen LogP contribution in [0.25, 0.3) is 11.5 Å². The van der Waals surface area contributed by atoms with Gasteiger partial charge >= 0.3 is 11.8 Å². The molecule has 0 radical (unpaired) electrons. The zero-order valence-corrected chi connectivity index (χ0v) is 14.4. The van der Waals surface area contributed by atoms with Crippen LogP contribution in [0, 0.1) is 24.7 Å². The van der Waals surface area contributed by atoms with Crippen LogP contribution in [0.4, 0.5) is 5.69 Å². The number of anilines is 1. The molecule has 3 atom stereocenters. The number of nitrogens with zero attached hydrogens (tertiary/aromatic N) is 2. The highest BCUT2D eigenvalue weighted by molar-refractivity contribution is 6.39. The fourth-order valence-electron chi connectivity index (χ4n) is 3.73. The van der Waals surface area contributed by atoms with E-state index in [4.69, 9.17) is 4.42 Å². The number of carbonyl (C=O) groups excluding carboxylic acids is 2. The van der Waals surface area contributed by atoms with E-state index in [2.05, 4.69) is 33.0 Å².